The third-order valence-electron chi connectivity index (χ3n) is 3.44. The predicted octanol–water partition coefficient (Wildman–Crippen LogP) is 3.54. The van der Waals surface area contributed by atoms with Crippen molar-refractivity contribution < 1.29 is 4.42 Å². The van der Waals surface area contributed by atoms with Crippen LogP contribution >= 0.6 is 11.6 Å². The van der Waals surface area contributed by atoms with Crippen molar-refractivity contribution in [2.75, 3.05) is 18.5 Å². The number of anilines is 1. The van der Waals surface area contributed by atoms with Gasteiger partial charge in [0.25, 0.3) is 0 Å². The summed E-state index contributed by atoms with van der Waals surface area (Å²) in [5.41, 5.74) is 3.25. The smallest absolute Gasteiger partial charge is 0.408 e. The molecule has 0 aliphatic heterocycles. The van der Waals surface area contributed by atoms with Crippen molar-refractivity contribution in [3.63, 3.8) is 0 Å². The van der Waals surface area contributed by atoms with Crippen molar-refractivity contribution in [3.05, 3.63) is 64.6 Å². The minimum atomic E-state index is -0.449. The summed E-state index contributed by atoms with van der Waals surface area (Å²) in [7, 11) is 2.00. The van der Waals surface area contributed by atoms with Crippen LogP contribution in [-0.4, -0.2) is 18.6 Å². The van der Waals surface area contributed by atoms with Crippen molar-refractivity contribution in [1.82, 2.24) is 4.98 Å². The summed E-state index contributed by atoms with van der Waals surface area (Å²) in [5, 5.41) is -0.195. The first kappa shape index (κ1) is 13.8. The maximum atomic E-state index is 11.2. The van der Waals surface area contributed by atoms with Gasteiger partial charge in [-0.05, 0) is 29.8 Å². The second-order valence-corrected chi connectivity index (χ2v) is 5.48. The summed E-state index contributed by atoms with van der Waals surface area (Å²) in [6.45, 7) is 0.658. The fourth-order valence-corrected chi connectivity index (χ4v) is 2.63. The molecule has 2 aromatic carbocycles. The van der Waals surface area contributed by atoms with E-state index < -0.39 is 5.76 Å². The number of hydrogen-bond donors (Lipinski definition) is 1. The van der Waals surface area contributed by atoms with Crippen LogP contribution < -0.4 is 10.7 Å². The number of fused-ring (bicyclic) bond motifs is 1. The van der Waals surface area contributed by atoms with Crippen molar-refractivity contribution in [2.45, 2.75) is 5.38 Å². The normalized spacial score (nSPS) is 12.5. The highest BCUT2D eigenvalue weighted by Gasteiger charge is 2.13. The zero-order valence-corrected chi connectivity index (χ0v) is 12.3. The third-order valence-corrected chi connectivity index (χ3v) is 3.83. The van der Waals surface area contributed by atoms with E-state index in [1.807, 2.05) is 55.6 Å². The molecule has 21 heavy (non-hydrogen) atoms. The van der Waals surface area contributed by atoms with Crippen LogP contribution in [-0.2, 0) is 0 Å². The van der Waals surface area contributed by atoms with E-state index in [0.29, 0.717) is 17.6 Å². The molecule has 1 atom stereocenters. The van der Waals surface area contributed by atoms with E-state index in [1.54, 1.807) is 0 Å². The molecule has 3 aromatic rings. The molecule has 1 heterocycles. The molecule has 0 saturated heterocycles. The highest BCUT2D eigenvalue weighted by molar-refractivity contribution is 6.21. The van der Waals surface area contributed by atoms with Crippen LogP contribution in [0.3, 0.4) is 0 Å². The SMILES string of the molecule is CN(CC(Cl)c1ccc2[nH]c(=O)oc2c1)c1ccccc1. The summed E-state index contributed by atoms with van der Waals surface area (Å²) in [6, 6.07) is 15.6. The number of H-pyrrole nitrogens is 1. The quantitative estimate of drug-likeness (QED) is 0.750. The van der Waals surface area contributed by atoms with E-state index in [4.69, 9.17) is 16.0 Å². The van der Waals surface area contributed by atoms with Gasteiger partial charge in [-0.1, -0.05) is 24.3 Å². The molecule has 3 rings (SSSR count). The van der Waals surface area contributed by atoms with Crippen LogP contribution in [0.2, 0.25) is 0 Å². The first-order chi connectivity index (χ1) is 10.1. The van der Waals surface area contributed by atoms with E-state index in [0.717, 1.165) is 11.3 Å². The number of oxazole rings is 1. The van der Waals surface area contributed by atoms with E-state index in [9.17, 15) is 4.79 Å². The molecule has 0 aliphatic carbocycles. The first-order valence-electron chi connectivity index (χ1n) is 6.66. The van der Waals surface area contributed by atoms with E-state index in [1.165, 1.54) is 0 Å². The fraction of sp³-hybridized carbons (Fsp3) is 0.188. The van der Waals surface area contributed by atoms with Gasteiger partial charge in [0.15, 0.2) is 5.58 Å². The Morgan fingerprint density at radius 3 is 2.76 bits per heavy atom. The fourth-order valence-electron chi connectivity index (χ4n) is 2.29. The van der Waals surface area contributed by atoms with Gasteiger partial charge >= 0.3 is 5.76 Å². The molecule has 0 spiro atoms. The zero-order chi connectivity index (χ0) is 14.8. The van der Waals surface area contributed by atoms with E-state index in [2.05, 4.69) is 9.88 Å². The number of halogens is 1. The lowest BCUT2D eigenvalue weighted by molar-refractivity contribution is 0.555. The third kappa shape index (κ3) is 2.95. The predicted molar refractivity (Wildman–Crippen MR) is 85.1 cm³/mol. The molecule has 0 fully saturated rings. The summed E-state index contributed by atoms with van der Waals surface area (Å²) < 4.78 is 5.06. The second kappa shape index (κ2) is 5.66. The number of aromatic nitrogens is 1. The van der Waals surface area contributed by atoms with E-state index in [-0.39, 0.29) is 5.38 Å². The number of alkyl halides is 1. The number of para-hydroxylation sites is 1. The van der Waals surface area contributed by atoms with Crippen molar-refractivity contribution in [2.24, 2.45) is 0 Å². The first-order valence-corrected chi connectivity index (χ1v) is 7.10. The van der Waals surface area contributed by atoms with Gasteiger partial charge in [-0.3, -0.25) is 4.98 Å². The standard InChI is InChI=1S/C16H15ClN2O2/c1-19(12-5-3-2-4-6-12)10-13(17)11-7-8-14-15(9-11)21-16(20)18-14/h2-9,13H,10H2,1H3,(H,18,20). The minimum Gasteiger partial charge on any atom is -0.408 e. The van der Waals surface area contributed by atoms with Crippen LogP contribution in [0, 0.1) is 0 Å². The van der Waals surface area contributed by atoms with Gasteiger partial charge in [-0.2, -0.15) is 0 Å². The highest BCUT2D eigenvalue weighted by atomic mass is 35.5. The Morgan fingerprint density at radius 2 is 2.00 bits per heavy atom. The largest absolute Gasteiger partial charge is 0.417 e. The summed E-state index contributed by atoms with van der Waals surface area (Å²) in [5.74, 6) is -0.449. The lowest BCUT2D eigenvalue weighted by atomic mass is 10.1. The topological polar surface area (TPSA) is 49.2 Å². The molecular formula is C16H15ClN2O2. The molecule has 108 valence electrons. The molecule has 5 heteroatoms. The van der Waals surface area contributed by atoms with Gasteiger partial charge in [0.05, 0.1) is 10.9 Å². The lowest BCUT2D eigenvalue weighted by Crippen LogP contribution is -2.21. The zero-order valence-electron chi connectivity index (χ0n) is 11.5. The van der Waals surface area contributed by atoms with Crippen LogP contribution in [0.1, 0.15) is 10.9 Å². The molecule has 0 amide bonds. The van der Waals surface area contributed by atoms with Crippen molar-refractivity contribution in [3.8, 4) is 0 Å². The maximum absolute atomic E-state index is 11.2. The van der Waals surface area contributed by atoms with Crippen LogP contribution in [0.5, 0.6) is 0 Å². The lowest BCUT2D eigenvalue weighted by Gasteiger charge is -2.22. The van der Waals surface area contributed by atoms with Crippen LogP contribution in [0.25, 0.3) is 11.1 Å². The van der Waals surface area contributed by atoms with Gasteiger partial charge in [-0.25, -0.2) is 4.79 Å². The summed E-state index contributed by atoms with van der Waals surface area (Å²) >= 11 is 6.49. The molecule has 0 radical (unpaired) electrons. The average molecular weight is 303 g/mol. The second-order valence-electron chi connectivity index (χ2n) is 4.95. The molecule has 1 N–H and O–H groups in total. The highest BCUT2D eigenvalue weighted by Crippen LogP contribution is 2.26. The number of nitrogens with zero attached hydrogens (tertiary/aromatic N) is 1. The molecule has 4 nitrogen and oxygen atoms in total. The molecular weight excluding hydrogens is 288 g/mol. The van der Waals surface area contributed by atoms with Crippen molar-refractivity contribution in [1.29, 1.82) is 0 Å². The van der Waals surface area contributed by atoms with Gasteiger partial charge in [-0.15, -0.1) is 11.6 Å². The Balaban J connectivity index is 1.80. The summed E-state index contributed by atoms with van der Waals surface area (Å²) in [4.78, 5) is 15.9. The Morgan fingerprint density at radius 1 is 1.24 bits per heavy atom. The minimum absolute atomic E-state index is 0.195. The average Bonchev–Trinajstić information content (AvgIpc) is 2.87. The van der Waals surface area contributed by atoms with Gasteiger partial charge in [0.1, 0.15) is 0 Å². The van der Waals surface area contributed by atoms with E-state index >= 15 is 0 Å². The van der Waals surface area contributed by atoms with Crippen molar-refractivity contribution >= 4 is 28.4 Å². The Bertz CT molecular complexity index is 795. The Hall–Kier alpha value is -2.20. The number of rotatable bonds is 4. The number of nitrogens with one attached hydrogen (secondary N) is 1. The van der Waals surface area contributed by atoms with Gasteiger partial charge < -0.3 is 9.32 Å². The number of likely N-dealkylation sites (N-methyl/N-ethyl adjacent to an activating group) is 1. The van der Waals surface area contributed by atoms with Crippen LogP contribution in [0.4, 0.5) is 5.69 Å². The molecule has 1 unspecified atom stereocenters. The number of aromatic amines is 1. The van der Waals surface area contributed by atoms with Gasteiger partial charge in [0.2, 0.25) is 0 Å². The number of hydrogen-bond acceptors (Lipinski definition) is 3. The summed E-state index contributed by atoms with van der Waals surface area (Å²) in [6.07, 6.45) is 0. The number of benzene rings is 2. The molecule has 0 bridgehead atoms. The Kier molecular flexibility index (Phi) is 3.71. The Labute approximate surface area is 127 Å². The monoisotopic (exact) mass is 302 g/mol. The van der Waals surface area contributed by atoms with Gasteiger partial charge in [0, 0.05) is 19.3 Å². The molecule has 0 aliphatic rings. The maximum Gasteiger partial charge on any atom is 0.417 e. The molecule has 0 saturated carbocycles. The molecule has 1 aromatic heterocycles. The van der Waals surface area contributed by atoms with Crippen LogP contribution in [0.15, 0.2) is 57.7 Å².